The average molecular weight is 473 g/mol. The van der Waals surface area contributed by atoms with E-state index in [4.69, 9.17) is 14.2 Å². The van der Waals surface area contributed by atoms with Gasteiger partial charge in [0.25, 0.3) is 0 Å². The van der Waals surface area contributed by atoms with Crippen molar-refractivity contribution < 1.29 is 28.9 Å². The molecule has 34 heavy (non-hydrogen) atoms. The minimum Gasteiger partial charge on any atom is -0.487 e. The maximum absolute atomic E-state index is 12.7. The van der Waals surface area contributed by atoms with Gasteiger partial charge in [0.2, 0.25) is 11.8 Å². The number of anilines is 1. The molecule has 1 aromatic rings. The standard InChI is InChI=1S/C26H36N2O6/c29-15-23-25-21(13-19(33-23)14-24(30)27-17-4-2-1-3-5-17)20-12-18(6-7-22(20)34-25)28-26(31)16-8-10-32-11-9-16/h6-7,12,16-17,19,21,23,25,29H,1-5,8-11,13-15H2,(H,27,30)(H,28,31)/t19-,21+,23+,25-/m1/s1. The van der Waals surface area contributed by atoms with Crippen molar-refractivity contribution in [2.75, 3.05) is 25.1 Å². The molecule has 4 aliphatic rings. The van der Waals surface area contributed by atoms with Crippen LogP contribution in [0.5, 0.6) is 5.75 Å². The number of nitrogens with one attached hydrogen (secondary N) is 2. The molecule has 0 spiro atoms. The number of rotatable bonds is 6. The summed E-state index contributed by atoms with van der Waals surface area (Å²) < 4.78 is 17.6. The summed E-state index contributed by atoms with van der Waals surface area (Å²) in [6.07, 6.45) is 7.03. The van der Waals surface area contributed by atoms with Crippen LogP contribution in [0.2, 0.25) is 0 Å². The van der Waals surface area contributed by atoms with Gasteiger partial charge in [0.1, 0.15) is 18.0 Å². The quantitative estimate of drug-likeness (QED) is 0.588. The minimum atomic E-state index is -0.487. The number of carbonyl (C=O) groups is 2. The van der Waals surface area contributed by atoms with Crippen molar-refractivity contribution in [2.24, 2.45) is 5.92 Å². The maximum Gasteiger partial charge on any atom is 0.227 e. The van der Waals surface area contributed by atoms with Gasteiger partial charge in [-0.15, -0.1) is 0 Å². The Hall–Kier alpha value is -2.16. The van der Waals surface area contributed by atoms with E-state index in [0.29, 0.717) is 19.6 Å². The van der Waals surface area contributed by atoms with Crippen molar-refractivity contribution in [3.8, 4) is 5.75 Å². The van der Waals surface area contributed by atoms with E-state index in [1.807, 2.05) is 18.2 Å². The maximum atomic E-state index is 12.7. The lowest BCUT2D eigenvalue weighted by molar-refractivity contribution is -0.142. The minimum absolute atomic E-state index is 0.00770. The van der Waals surface area contributed by atoms with Crippen molar-refractivity contribution >= 4 is 17.5 Å². The lowest BCUT2D eigenvalue weighted by Gasteiger charge is -2.37. The zero-order chi connectivity index (χ0) is 23.5. The van der Waals surface area contributed by atoms with Gasteiger partial charge in [0.15, 0.2) is 0 Å². The second kappa shape index (κ2) is 10.6. The van der Waals surface area contributed by atoms with Crippen molar-refractivity contribution in [2.45, 2.75) is 88.1 Å². The molecule has 8 heteroatoms. The monoisotopic (exact) mass is 472 g/mol. The fourth-order valence-electron chi connectivity index (χ4n) is 5.91. The van der Waals surface area contributed by atoms with E-state index >= 15 is 0 Å². The predicted octanol–water partition coefficient (Wildman–Crippen LogP) is 2.89. The van der Waals surface area contributed by atoms with Crippen molar-refractivity contribution in [3.63, 3.8) is 0 Å². The van der Waals surface area contributed by atoms with Crippen LogP contribution in [0, 0.1) is 5.92 Å². The third kappa shape index (κ3) is 5.24. The third-order valence-electron chi connectivity index (χ3n) is 7.74. The average Bonchev–Trinajstić information content (AvgIpc) is 3.22. The Morgan fingerprint density at radius 1 is 1.06 bits per heavy atom. The Labute approximate surface area is 200 Å². The first-order valence-corrected chi connectivity index (χ1v) is 12.9. The number of benzene rings is 1. The van der Waals surface area contributed by atoms with Crippen LogP contribution in [0.4, 0.5) is 5.69 Å². The fraction of sp³-hybridized carbons (Fsp3) is 0.692. The molecular weight excluding hydrogens is 436 g/mol. The number of carbonyl (C=O) groups excluding carboxylic acids is 2. The summed E-state index contributed by atoms with van der Waals surface area (Å²) in [6, 6.07) is 5.99. The first kappa shape index (κ1) is 23.6. The van der Waals surface area contributed by atoms with Gasteiger partial charge in [-0.1, -0.05) is 19.3 Å². The van der Waals surface area contributed by atoms with E-state index in [1.54, 1.807) is 0 Å². The summed E-state index contributed by atoms with van der Waals surface area (Å²) in [5.41, 5.74) is 1.76. The Morgan fingerprint density at radius 3 is 2.62 bits per heavy atom. The molecule has 186 valence electrons. The van der Waals surface area contributed by atoms with Crippen molar-refractivity contribution in [1.29, 1.82) is 0 Å². The number of fused-ring (bicyclic) bond motifs is 3. The third-order valence-corrected chi connectivity index (χ3v) is 7.74. The summed E-state index contributed by atoms with van der Waals surface area (Å²) in [6.45, 7) is 1.08. The normalized spacial score (nSPS) is 29.6. The number of aliphatic hydroxyl groups excluding tert-OH is 1. The number of hydrogen-bond acceptors (Lipinski definition) is 6. The van der Waals surface area contributed by atoms with Crippen LogP contribution in [-0.2, 0) is 19.1 Å². The zero-order valence-electron chi connectivity index (χ0n) is 19.7. The SMILES string of the molecule is O=C(C[C@H]1C[C@H]2c3cc(NC(=O)C4CCOCC4)ccc3O[C@H]2[C@H](CO)O1)NC1CCCCC1. The molecule has 8 nitrogen and oxygen atoms in total. The van der Waals surface area contributed by atoms with E-state index in [2.05, 4.69) is 10.6 Å². The first-order chi connectivity index (χ1) is 16.6. The first-order valence-electron chi connectivity index (χ1n) is 12.9. The highest BCUT2D eigenvalue weighted by Gasteiger charge is 2.46. The van der Waals surface area contributed by atoms with Crippen LogP contribution in [0.25, 0.3) is 0 Å². The lowest BCUT2D eigenvalue weighted by Crippen LogP contribution is -2.48. The van der Waals surface area contributed by atoms with E-state index in [-0.39, 0.29) is 54.9 Å². The molecule has 1 aliphatic carbocycles. The molecule has 2 saturated heterocycles. The van der Waals surface area contributed by atoms with Gasteiger partial charge in [0.05, 0.1) is 19.1 Å². The van der Waals surface area contributed by atoms with Gasteiger partial charge >= 0.3 is 0 Å². The van der Waals surface area contributed by atoms with Gasteiger partial charge in [-0.05, 0) is 50.3 Å². The summed E-state index contributed by atoms with van der Waals surface area (Å²) in [4.78, 5) is 25.4. The van der Waals surface area contributed by atoms with Crippen LogP contribution in [0.3, 0.4) is 0 Å². The van der Waals surface area contributed by atoms with Crippen LogP contribution in [-0.4, -0.2) is 61.1 Å². The van der Waals surface area contributed by atoms with Crippen molar-refractivity contribution in [1.82, 2.24) is 5.32 Å². The second-order valence-corrected chi connectivity index (χ2v) is 10.1. The molecular formula is C26H36N2O6. The molecule has 3 heterocycles. The van der Waals surface area contributed by atoms with Gasteiger partial charge in [-0.25, -0.2) is 0 Å². The van der Waals surface area contributed by atoms with E-state index in [9.17, 15) is 14.7 Å². The highest BCUT2D eigenvalue weighted by Crippen LogP contribution is 2.47. The molecule has 1 aromatic carbocycles. The van der Waals surface area contributed by atoms with Crippen LogP contribution < -0.4 is 15.4 Å². The molecule has 0 bridgehead atoms. The van der Waals surface area contributed by atoms with E-state index in [0.717, 1.165) is 42.7 Å². The molecule has 3 fully saturated rings. The van der Waals surface area contributed by atoms with Crippen LogP contribution in [0.1, 0.15) is 69.3 Å². The molecule has 0 radical (unpaired) electrons. The summed E-state index contributed by atoms with van der Waals surface area (Å²) >= 11 is 0. The molecule has 0 aromatic heterocycles. The second-order valence-electron chi connectivity index (χ2n) is 10.1. The molecule has 5 rings (SSSR count). The fourth-order valence-corrected chi connectivity index (χ4v) is 5.91. The highest BCUT2D eigenvalue weighted by atomic mass is 16.6. The topological polar surface area (TPSA) is 106 Å². The molecule has 4 atom stereocenters. The van der Waals surface area contributed by atoms with E-state index < -0.39 is 6.10 Å². The Balaban J connectivity index is 1.25. The number of hydrogen-bond donors (Lipinski definition) is 3. The zero-order valence-corrected chi connectivity index (χ0v) is 19.7. The van der Waals surface area contributed by atoms with Gasteiger partial charge in [-0.2, -0.15) is 0 Å². The molecule has 1 saturated carbocycles. The summed E-state index contributed by atoms with van der Waals surface area (Å²) in [7, 11) is 0. The summed E-state index contributed by atoms with van der Waals surface area (Å²) in [5, 5.41) is 16.2. The number of ether oxygens (including phenoxy) is 3. The Bertz CT molecular complexity index is 880. The molecule has 3 N–H and O–H groups in total. The van der Waals surface area contributed by atoms with Gasteiger partial charge < -0.3 is 30.0 Å². The smallest absolute Gasteiger partial charge is 0.227 e. The van der Waals surface area contributed by atoms with Crippen molar-refractivity contribution in [3.05, 3.63) is 23.8 Å². The molecule has 0 unspecified atom stereocenters. The largest absolute Gasteiger partial charge is 0.487 e. The van der Waals surface area contributed by atoms with Crippen LogP contribution >= 0.6 is 0 Å². The Morgan fingerprint density at radius 2 is 1.85 bits per heavy atom. The predicted molar refractivity (Wildman–Crippen MR) is 126 cm³/mol. The van der Waals surface area contributed by atoms with Gasteiger partial charge in [0, 0.05) is 42.3 Å². The summed E-state index contributed by atoms with van der Waals surface area (Å²) in [5.74, 6) is 0.779. The lowest BCUT2D eigenvalue weighted by atomic mass is 9.84. The van der Waals surface area contributed by atoms with Gasteiger partial charge in [-0.3, -0.25) is 9.59 Å². The highest BCUT2D eigenvalue weighted by molar-refractivity contribution is 5.92. The number of aliphatic hydroxyl groups is 1. The Kier molecular flexibility index (Phi) is 7.37. The number of amides is 2. The van der Waals surface area contributed by atoms with Crippen LogP contribution in [0.15, 0.2) is 18.2 Å². The molecule has 3 aliphatic heterocycles. The molecule has 2 amide bonds. The van der Waals surface area contributed by atoms with E-state index in [1.165, 1.54) is 19.3 Å².